The zero-order valence-electron chi connectivity index (χ0n) is 17.0. The molecule has 2 heterocycles. The van der Waals surface area contributed by atoms with Gasteiger partial charge in [0.2, 0.25) is 0 Å². The lowest BCUT2D eigenvalue weighted by Crippen LogP contribution is -2.38. The van der Waals surface area contributed by atoms with Crippen LogP contribution in [0.15, 0.2) is 65.0 Å². The van der Waals surface area contributed by atoms with Gasteiger partial charge in [0.15, 0.2) is 5.13 Å². The van der Waals surface area contributed by atoms with E-state index in [9.17, 15) is 13.2 Å². The van der Waals surface area contributed by atoms with Crippen LogP contribution in [-0.4, -0.2) is 37.9 Å². The van der Waals surface area contributed by atoms with Crippen molar-refractivity contribution >= 4 is 32.4 Å². The number of rotatable bonds is 6. The molecule has 0 spiro atoms. The Morgan fingerprint density at radius 3 is 2.71 bits per heavy atom. The first-order chi connectivity index (χ1) is 15.0. The molecule has 1 aliphatic rings. The SMILES string of the molecule is COc1cccc(C2CCCCN2C(=O)c2ccc(S(=O)(=O)Nc3nccs3)cc2)c1. The average Bonchev–Trinajstić information content (AvgIpc) is 3.31. The number of hydrogen-bond donors (Lipinski definition) is 1. The van der Waals surface area contributed by atoms with Crippen LogP contribution in [0.1, 0.15) is 41.2 Å². The lowest BCUT2D eigenvalue weighted by Gasteiger charge is -2.36. The van der Waals surface area contributed by atoms with E-state index < -0.39 is 10.0 Å². The van der Waals surface area contributed by atoms with Crippen molar-refractivity contribution in [2.75, 3.05) is 18.4 Å². The van der Waals surface area contributed by atoms with Crippen molar-refractivity contribution in [2.45, 2.75) is 30.2 Å². The minimum atomic E-state index is -3.75. The van der Waals surface area contributed by atoms with Gasteiger partial charge in [0, 0.05) is 23.7 Å². The molecule has 1 aromatic heterocycles. The highest BCUT2D eigenvalue weighted by Crippen LogP contribution is 2.33. The van der Waals surface area contributed by atoms with Crippen LogP contribution in [0.25, 0.3) is 0 Å². The molecule has 4 rings (SSSR count). The van der Waals surface area contributed by atoms with Crippen molar-refractivity contribution in [1.82, 2.24) is 9.88 Å². The van der Waals surface area contributed by atoms with Crippen molar-refractivity contribution in [3.63, 3.8) is 0 Å². The Kier molecular flexibility index (Phi) is 6.24. The van der Waals surface area contributed by atoms with Crippen LogP contribution in [0.2, 0.25) is 0 Å². The Morgan fingerprint density at radius 2 is 2.00 bits per heavy atom. The first-order valence-electron chi connectivity index (χ1n) is 9.95. The molecule has 2 aromatic carbocycles. The smallest absolute Gasteiger partial charge is 0.263 e. The van der Waals surface area contributed by atoms with E-state index in [-0.39, 0.29) is 16.8 Å². The first kappa shape index (κ1) is 21.3. The lowest BCUT2D eigenvalue weighted by atomic mass is 9.94. The minimum absolute atomic E-state index is 0.0358. The highest BCUT2D eigenvalue weighted by Gasteiger charge is 2.29. The highest BCUT2D eigenvalue weighted by molar-refractivity contribution is 7.93. The van der Waals surface area contributed by atoms with E-state index in [0.717, 1.165) is 30.6 Å². The highest BCUT2D eigenvalue weighted by atomic mass is 32.2. The Morgan fingerprint density at radius 1 is 1.19 bits per heavy atom. The van der Waals surface area contributed by atoms with Crippen LogP contribution in [0.3, 0.4) is 0 Å². The molecule has 0 aliphatic carbocycles. The van der Waals surface area contributed by atoms with Crippen LogP contribution >= 0.6 is 11.3 Å². The zero-order valence-corrected chi connectivity index (χ0v) is 18.7. The summed E-state index contributed by atoms with van der Waals surface area (Å²) in [5, 5.41) is 1.99. The molecule has 0 radical (unpaired) electrons. The maximum atomic E-state index is 13.3. The molecule has 1 saturated heterocycles. The summed E-state index contributed by atoms with van der Waals surface area (Å²) in [4.78, 5) is 19.2. The van der Waals surface area contributed by atoms with E-state index in [1.165, 1.54) is 29.7 Å². The summed E-state index contributed by atoms with van der Waals surface area (Å²) in [6.07, 6.45) is 4.40. The Bertz CT molecular complexity index is 1150. The molecule has 1 amide bonds. The number of methoxy groups -OCH3 is 1. The van der Waals surface area contributed by atoms with Crippen molar-refractivity contribution < 1.29 is 17.9 Å². The van der Waals surface area contributed by atoms with Crippen LogP contribution in [0, 0.1) is 0 Å². The van der Waals surface area contributed by atoms with E-state index in [1.807, 2.05) is 29.2 Å². The second-order valence-corrected chi connectivity index (χ2v) is 9.83. The molecule has 1 N–H and O–H groups in total. The number of piperidine rings is 1. The summed E-state index contributed by atoms with van der Waals surface area (Å²) in [6, 6.07) is 13.8. The number of amides is 1. The van der Waals surface area contributed by atoms with E-state index in [2.05, 4.69) is 9.71 Å². The second-order valence-electron chi connectivity index (χ2n) is 7.25. The monoisotopic (exact) mass is 457 g/mol. The predicted molar refractivity (Wildman–Crippen MR) is 120 cm³/mol. The summed E-state index contributed by atoms with van der Waals surface area (Å²) in [7, 11) is -2.13. The number of benzene rings is 2. The average molecular weight is 458 g/mol. The van der Waals surface area contributed by atoms with Crippen LogP contribution in [0.4, 0.5) is 5.13 Å². The number of thiazole rings is 1. The molecule has 31 heavy (non-hydrogen) atoms. The van der Waals surface area contributed by atoms with Gasteiger partial charge >= 0.3 is 0 Å². The normalized spacial score (nSPS) is 16.7. The van der Waals surface area contributed by atoms with E-state index >= 15 is 0 Å². The summed E-state index contributed by atoms with van der Waals surface area (Å²) in [6.45, 7) is 0.659. The van der Waals surface area contributed by atoms with Crippen LogP contribution in [0.5, 0.6) is 5.75 Å². The molecule has 3 aromatic rings. The van der Waals surface area contributed by atoms with Crippen molar-refractivity contribution in [2.24, 2.45) is 0 Å². The fourth-order valence-corrected chi connectivity index (χ4v) is 5.55. The number of likely N-dealkylation sites (tertiary alicyclic amines) is 1. The quantitative estimate of drug-likeness (QED) is 0.596. The number of nitrogens with one attached hydrogen (secondary N) is 1. The minimum Gasteiger partial charge on any atom is -0.497 e. The third-order valence-electron chi connectivity index (χ3n) is 5.31. The van der Waals surface area contributed by atoms with Gasteiger partial charge in [0.05, 0.1) is 18.0 Å². The molecule has 0 bridgehead atoms. The van der Waals surface area contributed by atoms with Crippen molar-refractivity contribution in [3.05, 3.63) is 71.2 Å². The van der Waals surface area contributed by atoms with E-state index in [4.69, 9.17) is 4.74 Å². The molecule has 1 aliphatic heterocycles. The molecule has 7 nitrogen and oxygen atoms in total. The Hall–Kier alpha value is -2.91. The summed E-state index contributed by atoms with van der Waals surface area (Å²) >= 11 is 1.20. The number of aromatic nitrogens is 1. The number of nitrogens with zero attached hydrogens (tertiary/aromatic N) is 2. The topological polar surface area (TPSA) is 88.6 Å². The number of carbonyl (C=O) groups is 1. The molecule has 162 valence electrons. The number of anilines is 1. The Labute approximate surface area is 185 Å². The molecule has 1 atom stereocenters. The van der Waals surface area contributed by atoms with Gasteiger partial charge in [-0.05, 0) is 61.2 Å². The lowest BCUT2D eigenvalue weighted by molar-refractivity contribution is 0.0611. The van der Waals surface area contributed by atoms with E-state index in [1.54, 1.807) is 24.6 Å². The van der Waals surface area contributed by atoms with Gasteiger partial charge in [-0.15, -0.1) is 11.3 Å². The molecule has 1 unspecified atom stereocenters. The van der Waals surface area contributed by atoms with Gasteiger partial charge in [-0.1, -0.05) is 12.1 Å². The number of sulfonamides is 1. The van der Waals surface area contributed by atoms with Crippen LogP contribution in [-0.2, 0) is 10.0 Å². The maximum Gasteiger partial charge on any atom is 0.263 e. The largest absolute Gasteiger partial charge is 0.497 e. The Balaban J connectivity index is 1.55. The fraction of sp³-hybridized carbons (Fsp3) is 0.273. The summed E-state index contributed by atoms with van der Waals surface area (Å²) in [5.41, 5.74) is 1.50. The number of hydrogen-bond acceptors (Lipinski definition) is 6. The van der Waals surface area contributed by atoms with Crippen molar-refractivity contribution in [3.8, 4) is 5.75 Å². The zero-order chi connectivity index (χ0) is 21.8. The van der Waals surface area contributed by atoms with Gasteiger partial charge in [0.25, 0.3) is 15.9 Å². The van der Waals surface area contributed by atoms with E-state index in [0.29, 0.717) is 17.2 Å². The second kappa shape index (κ2) is 9.07. The standard InChI is InChI=1S/C22H23N3O4S2/c1-29-18-6-4-5-17(15-18)20-7-2-3-13-25(20)21(26)16-8-10-19(11-9-16)31(27,28)24-22-23-12-14-30-22/h4-6,8-12,14-15,20H,2-3,7,13H2,1H3,(H,23,24). The van der Waals surface area contributed by atoms with Gasteiger partial charge in [-0.3, -0.25) is 9.52 Å². The number of ether oxygens (including phenoxy) is 1. The first-order valence-corrected chi connectivity index (χ1v) is 12.3. The molecule has 0 saturated carbocycles. The van der Waals surface area contributed by atoms with Crippen molar-refractivity contribution in [1.29, 1.82) is 0 Å². The summed E-state index contributed by atoms with van der Waals surface area (Å²) < 4.78 is 32.8. The summed E-state index contributed by atoms with van der Waals surface area (Å²) in [5.74, 6) is 0.655. The third kappa shape index (κ3) is 4.72. The molecule has 9 heteroatoms. The fourth-order valence-electron chi connectivity index (χ4n) is 3.76. The molecular weight excluding hydrogens is 434 g/mol. The van der Waals surface area contributed by atoms with Gasteiger partial charge in [-0.25, -0.2) is 13.4 Å². The predicted octanol–water partition coefficient (Wildman–Crippen LogP) is 4.32. The van der Waals surface area contributed by atoms with Gasteiger partial charge < -0.3 is 9.64 Å². The molecule has 1 fully saturated rings. The van der Waals surface area contributed by atoms with Crippen LogP contribution < -0.4 is 9.46 Å². The molecular formula is C22H23N3O4S2. The maximum absolute atomic E-state index is 13.3. The third-order valence-corrected chi connectivity index (χ3v) is 7.48. The number of carbonyl (C=O) groups excluding carboxylic acids is 1. The van der Waals surface area contributed by atoms with Gasteiger partial charge in [0.1, 0.15) is 5.75 Å². The van der Waals surface area contributed by atoms with Gasteiger partial charge in [-0.2, -0.15) is 0 Å².